The summed E-state index contributed by atoms with van der Waals surface area (Å²) in [5.41, 5.74) is -0.509. The molecule has 1 aliphatic rings. The molecule has 1 fully saturated rings. The Balaban J connectivity index is 2.16. The van der Waals surface area contributed by atoms with Crippen molar-refractivity contribution in [3.05, 3.63) is 27.7 Å². The van der Waals surface area contributed by atoms with Crippen LogP contribution >= 0.6 is 0 Å². The maximum absolute atomic E-state index is 13.2. The third kappa shape index (κ3) is 2.76. The predicted molar refractivity (Wildman–Crippen MR) is 67.2 cm³/mol. The first-order valence-electron chi connectivity index (χ1n) is 6.11. The van der Waals surface area contributed by atoms with E-state index in [0.29, 0.717) is 18.3 Å². The van der Waals surface area contributed by atoms with Crippen molar-refractivity contribution >= 4 is 0 Å². The average Bonchev–Trinajstić information content (AvgIpc) is 2.31. The lowest BCUT2D eigenvalue weighted by molar-refractivity contribution is 0.113. The zero-order valence-electron chi connectivity index (χ0n) is 11.0. The molecule has 1 saturated heterocycles. The lowest BCUT2D eigenvalue weighted by atomic mass is 10.1. The molecular weight excluding hydrogens is 235 g/mol. The summed E-state index contributed by atoms with van der Waals surface area (Å²) in [7, 11) is 4.14. The number of H-pyrrole nitrogens is 1. The SMILES string of the molecule is Cc1nc(CC2CN(C)CCN2C)[nH]c(=O)c1F. The number of aromatic nitrogens is 2. The van der Waals surface area contributed by atoms with Crippen LogP contribution in [0.15, 0.2) is 4.79 Å². The van der Waals surface area contributed by atoms with Gasteiger partial charge in [-0.15, -0.1) is 0 Å². The Hall–Kier alpha value is -1.27. The summed E-state index contributed by atoms with van der Waals surface area (Å²) in [5, 5.41) is 0. The maximum Gasteiger partial charge on any atom is 0.287 e. The lowest BCUT2D eigenvalue weighted by Gasteiger charge is -2.37. The summed E-state index contributed by atoms with van der Waals surface area (Å²) in [6, 6.07) is 0.303. The topological polar surface area (TPSA) is 52.2 Å². The average molecular weight is 254 g/mol. The van der Waals surface area contributed by atoms with Crippen LogP contribution in [0.5, 0.6) is 0 Å². The van der Waals surface area contributed by atoms with E-state index in [2.05, 4.69) is 33.9 Å². The fourth-order valence-corrected chi connectivity index (χ4v) is 2.27. The van der Waals surface area contributed by atoms with E-state index < -0.39 is 11.4 Å². The van der Waals surface area contributed by atoms with Crippen LogP contribution in [-0.4, -0.2) is 59.5 Å². The monoisotopic (exact) mass is 254 g/mol. The molecule has 5 nitrogen and oxygen atoms in total. The normalized spacial score (nSPS) is 22.3. The fourth-order valence-electron chi connectivity index (χ4n) is 2.27. The van der Waals surface area contributed by atoms with Crippen molar-refractivity contribution in [1.82, 2.24) is 19.8 Å². The summed E-state index contributed by atoms with van der Waals surface area (Å²) in [6.07, 6.45) is 0.636. The summed E-state index contributed by atoms with van der Waals surface area (Å²) in [5.74, 6) is -0.223. The van der Waals surface area contributed by atoms with Gasteiger partial charge < -0.3 is 14.8 Å². The minimum absolute atomic E-state index is 0.167. The first kappa shape index (κ1) is 13.2. The Morgan fingerprint density at radius 2 is 2.17 bits per heavy atom. The van der Waals surface area contributed by atoms with Gasteiger partial charge in [0.15, 0.2) is 0 Å². The molecule has 1 aromatic rings. The summed E-state index contributed by atoms with van der Waals surface area (Å²) < 4.78 is 13.2. The number of hydrogen-bond donors (Lipinski definition) is 1. The summed E-state index contributed by atoms with van der Waals surface area (Å²) in [4.78, 5) is 22.5. The number of likely N-dealkylation sites (N-methyl/N-ethyl adjacent to an activating group) is 2. The van der Waals surface area contributed by atoms with Crippen LogP contribution in [0, 0.1) is 12.7 Å². The van der Waals surface area contributed by atoms with Crippen molar-refractivity contribution < 1.29 is 4.39 Å². The molecule has 0 saturated carbocycles. The Morgan fingerprint density at radius 1 is 1.44 bits per heavy atom. The Morgan fingerprint density at radius 3 is 2.83 bits per heavy atom. The number of aromatic amines is 1. The van der Waals surface area contributed by atoms with Gasteiger partial charge in [0, 0.05) is 32.1 Å². The molecule has 100 valence electrons. The Bertz CT molecular complexity index is 487. The third-order valence-corrected chi connectivity index (χ3v) is 3.49. The Labute approximate surface area is 106 Å². The van der Waals surface area contributed by atoms with Crippen LogP contribution in [0.4, 0.5) is 4.39 Å². The van der Waals surface area contributed by atoms with Crippen molar-refractivity contribution in [2.75, 3.05) is 33.7 Å². The molecule has 1 unspecified atom stereocenters. The molecule has 1 atom stereocenters. The van der Waals surface area contributed by atoms with E-state index >= 15 is 0 Å². The zero-order chi connectivity index (χ0) is 13.3. The predicted octanol–water partition coefficient (Wildman–Crippen LogP) is 0.00572. The van der Waals surface area contributed by atoms with Gasteiger partial charge in [0.2, 0.25) is 5.82 Å². The molecule has 0 bridgehead atoms. The largest absolute Gasteiger partial charge is 0.308 e. The quantitative estimate of drug-likeness (QED) is 0.807. The minimum atomic E-state index is -0.784. The maximum atomic E-state index is 13.2. The van der Waals surface area contributed by atoms with Crippen LogP contribution in [0.3, 0.4) is 0 Å². The molecule has 6 heteroatoms. The minimum Gasteiger partial charge on any atom is -0.308 e. The molecule has 0 aliphatic carbocycles. The highest BCUT2D eigenvalue weighted by Crippen LogP contribution is 2.10. The summed E-state index contributed by atoms with van der Waals surface area (Å²) >= 11 is 0. The lowest BCUT2D eigenvalue weighted by Crippen LogP contribution is -2.51. The number of halogens is 1. The van der Waals surface area contributed by atoms with Crippen LogP contribution in [0.2, 0.25) is 0 Å². The van der Waals surface area contributed by atoms with Gasteiger partial charge in [-0.1, -0.05) is 0 Å². The van der Waals surface area contributed by atoms with Gasteiger partial charge in [-0.3, -0.25) is 4.79 Å². The van der Waals surface area contributed by atoms with E-state index in [1.165, 1.54) is 6.92 Å². The summed E-state index contributed by atoms with van der Waals surface area (Å²) in [6.45, 7) is 4.48. The van der Waals surface area contributed by atoms with Gasteiger partial charge >= 0.3 is 0 Å². The van der Waals surface area contributed by atoms with Crippen LogP contribution < -0.4 is 5.56 Å². The van der Waals surface area contributed by atoms with Crippen LogP contribution in [0.25, 0.3) is 0 Å². The number of hydrogen-bond acceptors (Lipinski definition) is 4. The molecular formula is C12H19FN4O. The molecule has 0 radical (unpaired) electrons. The standard InChI is InChI=1S/C12H19FN4O/c1-8-11(13)12(18)15-10(14-8)6-9-7-16(2)4-5-17(9)3/h9H,4-7H2,1-3H3,(H,14,15,18). The number of rotatable bonds is 2. The highest BCUT2D eigenvalue weighted by Gasteiger charge is 2.23. The number of piperazine rings is 1. The number of nitrogens with zero attached hydrogens (tertiary/aromatic N) is 3. The van der Waals surface area contributed by atoms with E-state index in [4.69, 9.17) is 0 Å². The number of aryl methyl sites for hydroxylation is 1. The van der Waals surface area contributed by atoms with Crippen LogP contribution in [0.1, 0.15) is 11.5 Å². The van der Waals surface area contributed by atoms with Crippen molar-refractivity contribution in [3.63, 3.8) is 0 Å². The van der Waals surface area contributed by atoms with Gasteiger partial charge in [-0.05, 0) is 21.0 Å². The van der Waals surface area contributed by atoms with E-state index in [0.717, 1.165) is 19.6 Å². The third-order valence-electron chi connectivity index (χ3n) is 3.49. The van der Waals surface area contributed by atoms with Crippen molar-refractivity contribution in [3.8, 4) is 0 Å². The molecule has 2 rings (SSSR count). The number of nitrogens with one attached hydrogen (secondary N) is 1. The van der Waals surface area contributed by atoms with E-state index in [9.17, 15) is 9.18 Å². The van der Waals surface area contributed by atoms with Gasteiger partial charge in [0.05, 0.1) is 5.69 Å². The van der Waals surface area contributed by atoms with Gasteiger partial charge in [-0.2, -0.15) is 4.39 Å². The fraction of sp³-hybridized carbons (Fsp3) is 0.667. The van der Waals surface area contributed by atoms with Crippen molar-refractivity contribution in [1.29, 1.82) is 0 Å². The molecule has 0 aromatic carbocycles. The van der Waals surface area contributed by atoms with Crippen LogP contribution in [-0.2, 0) is 6.42 Å². The molecule has 1 aliphatic heterocycles. The van der Waals surface area contributed by atoms with Crippen molar-refractivity contribution in [2.24, 2.45) is 0 Å². The molecule has 0 amide bonds. The molecule has 2 heterocycles. The van der Waals surface area contributed by atoms with E-state index in [-0.39, 0.29) is 5.69 Å². The highest BCUT2D eigenvalue weighted by atomic mass is 19.1. The molecule has 1 N–H and O–H groups in total. The molecule has 0 spiro atoms. The van der Waals surface area contributed by atoms with E-state index in [1.54, 1.807) is 0 Å². The second-order valence-electron chi connectivity index (χ2n) is 5.01. The smallest absolute Gasteiger partial charge is 0.287 e. The second-order valence-corrected chi connectivity index (χ2v) is 5.01. The Kier molecular flexibility index (Phi) is 3.77. The van der Waals surface area contributed by atoms with E-state index in [1.807, 2.05) is 0 Å². The molecule has 1 aromatic heterocycles. The van der Waals surface area contributed by atoms with Gasteiger partial charge in [0.1, 0.15) is 5.82 Å². The van der Waals surface area contributed by atoms with Crippen molar-refractivity contribution in [2.45, 2.75) is 19.4 Å². The molecule has 18 heavy (non-hydrogen) atoms. The zero-order valence-corrected chi connectivity index (χ0v) is 11.0. The highest BCUT2D eigenvalue weighted by molar-refractivity contribution is 5.05. The first-order valence-corrected chi connectivity index (χ1v) is 6.11. The van der Waals surface area contributed by atoms with Gasteiger partial charge in [0.25, 0.3) is 5.56 Å². The second kappa shape index (κ2) is 5.16. The van der Waals surface area contributed by atoms with Gasteiger partial charge in [-0.25, -0.2) is 4.98 Å². The first-order chi connectivity index (χ1) is 8.47.